The lowest BCUT2D eigenvalue weighted by Gasteiger charge is -2.23. The van der Waals surface area contributed by atoms with Gasteiger partial charge in [-0.1, -0.05) is 6.07 Å². The third-order valence-electron chi connectivity index (χ3n) is 3.15. The third-order valence-corrected chi connectivity index (χ3v) is 3.15. The van der Waals surface area contributed by atoms with Crippen molar-refractivity contribution in [1.82, 2.24) is 10.6 Å². The Bertz CT molecular complexity index is 475. The van der Waals surface area contributed by atoms with Crippen molar-refractivity contribution >= 4 is 11.8 Å². The Balaban J connectivity index is 2.03. The first-order valence-corrected chi connectivity index (χ1v) is 5.94. The average Bonchev–Trinajstić information content (AvgIpc) is 2.35. The molecule has 1 atom stereocenters. The number of carbonyl (C=O) groups is 2. The maximum absolute atomic E-state index is 12.0. The Morgan fingerprint density at radius 1 is 1.50 bits per heavy atom. The van der Waals surface area contributed by atoms with E-state index in [-0.39, 0.29) is 23.6 Å². The summed E-state index contributed by atoms with van der Waals surface area (Å²) in [7, 11) is 0. The highest BCUT2D eigenvalue weighted by atomic mass is 16.3. The van der Waals surface area contributed by atoms with Gasteiger partial charge in [0.15, 0.2) is 0 Å². The number of benzene rings is 1. The van der Waals surface area contributed by atoms with Crippen LogP contribution in [-0.4, -0.2) is 29.5 Å². The van der Waals surface area contributed by atoms with Crippen LogP contribution in [-0.2, 0) is 4.79 Å². The minimum atomic E-state index is -0.218. The molecule has 18 heavy (non-hydrogen) atoms. The number of hydrogen-bond acceptors (Lipinski definition) is 3. The monoisotopic (exact) mass is 248 g/mol. The van der Waals surface area contributed by atoms with E-state index in [0.29, 0.717) is 30.5 Å². The Morgan fingerprint density at radius 3 is 2.94 bits per heavy atom. The molecule has 1 aromatic carbocycles. The zero-order chi connectivity index (χ0) is 13.1. The predicted octanol–water partition coefficient (Wildman–Crippen LogP) is 0.709. The molecule has 0 aliphatic carbocycles. The van der Waals surface area contributed by atoms with Crippen molar-refractivity contribution in [2.75, 3.05) is 6.54 Å². The second kappa shape index (κ2) is 5.08. The number of amides is 2. The van der Waals surface area contributed by atoms with Gasteiger partial charge in [0.25, 0.3) is 5.91 Å². The Labute approximate surface area is 105 Å². The smallest absolute Gasteiger partial charge is 0.251 e. The minimum absolute atomic E-state index is 0.0223. The Hall–Kier alpha value is -2.04. The molecule has 1 heterocycles. The van der Waals surface area contributed by atoms with E-state index in [1.165, 1.54) is 0 Å². The molecule has 1 aromatic rings. The topological polar surface area (TPSA) is 78.4 Å². The van der Waals surface area contributed by atoms with Gasteiger partial charge in [-0.3, -0.25) is 9.59 Å². The number of phenolic OH excluding ortho intramolecular Hbond substituents is 1. The molecule has 96 valence electrons. The first-order valence-electron chi connectivity index (χ1n) is 5.94. The fourth-order valence-electron chi connectivity index (χ4n) is 1.99. The van der Waals surface area contributed by atoms with Crippen LogP contribution in [0.15, 0.2) is 18.2 Å². The summed E-state index contributed by atoms with van der Waals surface area (Å²) >= 11 is 0. The summed E-state index contributed by atoms with van der Waals surface area (Å²) in [5, 5.41) is 15.1. The van der Waals surface area contributed by atoms with E-state index in [4.69, 9.17) is 0 Å². The lowest BCUT2D eigenvalue weighted by molar-refractivity contribution is -0.122. The van der Waals surface area contributed by atoms with Crippen molar-refractivity contribution < 1.29 is 14.7 Å². The largest absolute Gasteiger partial charge is 0.508 e. The van der Waals surface area contributed by atoms with Crippen LogP contribution in [0.25, 0.3) is 0 Å². The molecule has 0 radical (unpaired) electrons. The van der Waals surface area contributed by atoms with Crippen LogP contribution in [0.2, 0.25) is 0 Å². The molecule has 5 nitrogen and oxygen atoms in total. The normalized spacial score (nSPS) is 19.2. The van der Waals surface area contributed by atoms with Crippen molar-refractivity contribution in [1.29, 1.82) is 0 Å². The summed E-state index contributed by atoms with van der Waals surface area (Å²) in [6.07, 6.45) is 1.08. The Morgan fingerprint density at radius 2 is 2.28 bits per heavy atom. The fraction of sp³-hybridized carbons (Fsp3) is 0.385. The van der Waals surface area contributed by atoms with Crippen molar-refractivity contribution in [3.8, 4) is 5.75 Å². The Kier molecular flexibility index (Phi) is 3.50. The molecule has 5 heteroatoms. The van der Waals surface area contributed by atoms with E-state index in [0.717, 1.165) is 0 Å². The molecule has 1 aliphatic heterocycles. The van der Waals surface area contributed by atoms with Crippen molar-refractivity contribution in [3.05, 3.63) is 29.3 Å². The zero-order valence-corrected chi connectivity index (χ0v) is 10.2. The van der Waals surface area contributed by atoms with Gasteiger partial charge in [-0.15, -0.1) is 0 Å². The number of rotatable bonds is 2. The molecule has 0 spiro atoms. The summed E-state index contributed by atoms with van der Waals surface area (Å²) < 4.78 is 0. The van der Waals surface area contributed by atoms with E-state index < -0.39 is 0 Å². The number of aromatic hydroxyl groups is 1. The van der Waals surface area contributed by atoms with Gasteiger partial charge in [-0.25, -0.2) is 0 Å². The maximum atomic E-state index is 12.0. The number of nitrogens with one attached hydrogen (secondary N) is 2. The highest BCUT2D eigenvalue weighted by molar-refractivity contribution is 5.96. The fourth-order valence-corrected chi connectivity index (χ4v) is 1.99. The quantitative estimate of drug-likeness (QED) is 0.721. The summed E-state index contributed by atoms with van der Waals surface area (Å²) in [5.74, 6) is -0.0850. The molecule has 2 amide bonds. The van der Waals surface area contributed by atoms with Crippen LogP contribution in [0.5, 0.6) is 5.75 Å². The van der Waals surface area contributed by atoms with Gasteiger partial charge in [-0.05, 0) is 25.5 Å². The van der Waals surface area contributed by atoms with Crippen LogP contribution in [0.1, 0.15) is 28.8 Å². The van der Waals surface area contributed by atoms with Crippen LogP contribution in [0, 0.1) is 6.92 Å². The number of hydrogen-bond donors (Lipinski definition) is 3. The number of phenols is 1. The summed E-state index contributed by atoms with van der Waals surface area (Å²) in [6.45, 7) is 2.16. The highest BCUT2D eigenvalue weighted by Gasteiger charge is 2.21. The molecule has 0 aromatic heterocycles. The van der Waals surface area contributed by atoms with Gasteiger partial charge in [0.2, 0.25) is 5.91 Å². The molecule has 1 unspecified atom stereocenters. The molecule has 2 rings (SSSR count). The molecular weight excluding hydrogens is 232 g/mol. The molecule has 1 saturated heterocycles. The van der Waals surface area contributed by atoms with E-state index >= 15 is 0 Å². The van der Waals surface area contributed by atoms with Crippen LogP contribution in [0.4, 0.5) is 0 Å². The van der Waals surface area contributed by atoms with Crippen molar-refractivity contribution in [2.24, 2.45) is 0 Å². The minimum Gasteiger partial charge on any atom is -0.508 e. The van der Waals surface area contributed by atoms with Crippen molar-refractivity contribution in [2.45, 2.75) is 25.8 Å². The third kappa shape index (κ3) is 2.61. The van der Waals surface area contributed by atoms with Crippen LogP contribution in [0.3, 0.4) is 0 Å². The first-order chi connectivity index (χ1) is 8.58. The van der Waals surface area contributed by atoms with Gasteiger partial charge in [0.05, 0.1) is 0 Å². The van der Waals surface area contributed by atoms with Gasteiger partial charge >= 0.3 is 0 Å². The van der Waals surface area contributed by atoms with E-state index in [1.807, 2.05) is 0 Å². The van der Waals surface area contributed by atoms with Gasteiger partial charge < -0.3 is 15.7 Å². The van der Waals surface area contributed by atoms with E-state index in [2.05, 4.69) is 10.6 Å². The first kappa shape index (κ1) is 12.4. The average molecular weight is 248 g/mol. The molecule has 0 bridgehead atoms. The maximum Gasteiger partial charge on any atom is 0.251 e. The molecule has 1 fully saturated rings. The second-order valence-corrected chi connectivity index (χ2v) is 4.46. The molecule has 1 aliphatic rings. The molecule has 3 N–H and O–H groups in total. The second-order valence-electron chi connectivity index (χ2n) is 4.46. The number of piperidine rings is 1. The zero-order valence-electron chi connectivity index (χ0n) is 10.2. The molecule has 0 saturated carbocycles. The summed E-state index contributed by atoms with van der Waals surface area (Å²) in [5.41, 5.74) is 1.03. The molecular formula is C13H16N2O3. The lowest BCUT2D eigenvalue weighted by Crippen LogP contribution is -2.47. The van der Waals surface area contributed by atoms with Gasteiger partial charge in [-0.2, -0.15) is 0 Å². The SMILES string of the molecule is Cc1c(O)cccc1C(=O)NC1CCC(=O)NC1. The highest BCUT2D eigenvalue weighted by Crippen LogP contribution is 2.19. The van der Waals surface area contributed by atoms with Gasteiger partial charge in [0.1, 0.15) is 5.75 Å². The standard InChI is InChI=1S/C13H16N2O3/c1-8-10(3-2-4-11(8)16)13(18)15-9-5-6-12(17)14-7-9/h2-4,9,16H,5-7H2,1H3,(H,14,17)(H,15,18). The van der Waals surface area contributed by atoms with E-state index in [9.17, 15) is 14.7 Å². The predicted molar refractivity (Wildman–Crippen MR) is 66.3 cm³/mol. The number of carbonyl (C=O) groups excluding carboxylic acids is 2. The van der Waals surface area contributed by atoms with E-state index in [1.54, 1.807) is 25.1 Å². The van der Waals surface area contributed by atoms with Gasteiger partial charge in [0, 0.05) is 30.1 Å². The van der Waals surface area contributed by atoms with Crippen LogP contribution >= 0.6 is 0 Å². The van der Waals surface area contributed by atoms with Crippen molar-refractivity contribution in [3.63, 3.8) is 0 Å². The van der Waals surface area contributed by atoms with Crippen LogP contribution < -0.4 is 10.6 Å². The lowest BCUT2D eigenvalue weighted by atomic mass is 10.0. The summed E-state index contributed by atoms with van der Waals surface area (Å²) in [6, 6.07) is 4.82. The summed E-state index contributed by atoms with van der Waals surface area (Å²) in [4.78, 5) is 23.0.